The number of piperazine rings is 1. The molecule has 1 aromatic carbocycles. The number of aryl methyl sites for hydroxylation is 1. The van der Waals surface area contributed by atoms with Crippen LogP contribution in [0.15, 0.2) is 57.5 Å². The maximum atomic E-state index is 12.4. The van der Waals surface area contributed by atoms with E-state index in [2.05, 4.69) is 51.8 Å². The molecule has 1 N–H and O–H groups in total. The molecule has 0 saturated carbocycles. The van der Waals surface area contributed by atoms with Gasteiger partial charge in [-0.25, -0.2) is 4.98 Å². The normalized spacial score (nSPS) is 14.2. The summed E-state index contributed by atoms with van der Waals surface area (Å²) in [5.74, 6) is 1.20. The Morgan fingerprint density at radius 3 is 2.53 bits per heavy atom. The van der Waals surface area contributed by atoms with E-state index in [1.807, 2.05) is 4.90 Å². The van der Waals surface area contributed by atoms with Gasteiger partial charge in [0.05, 0.1) is 12.0 Å². The molecule has 1 aliphatic rings. The first-order chi connectivity index (χ1) is 15.1. The van der Waals surface area contributed by atoms with E-state index in [1.165, 1.54) is 11.8 Å². The van der Waals surface area contributed by atoms with Gasteiger partial charge in [-0.2, -0.15) is 0 Å². The zero-order chi connectivity index (χ0) is 21.6. The summed E-state index contributed by atoms with van der Waals surface area (Å²) in [6.45, 7) is 5.61. The number of aliphatic imine (C=N–C) groups is 1. The molecule has 1 saturated heterocycles. The van der Waals surface area contributed by atoms with E-state index in [4.69, 9.17) is 9.40 Å². The molecule has 0 unspecified atom stereocenters. The van der Waals surface area contributed by atoms with E-state index in [9.17, 15) is 4.79 Å². The van der Waals surface area contributed by atoms with Gasteiger partial charge < -0.3 is 19.5 Å². The SMILES string of the molecule is CN=C(NCCc1csc(-c2ccc(C)cc2)n1)N1CCN(C(=O)c2ccco2)CC1.I. The number of hydrogen-bond acceptors (Lipinski definition) is 5. The number of benzene rings is 1. The summed E-state index contributed by atoms with van der Waals surface area (Å²) in [7, 11) is 1.79. The van der Waals surface area contributed by atoms with Crippen LogP contribution in [0.2, 0.25) is 0 Å². The summed E-state index contributed by atoms with van der Waals surface area (Å²) in [5, 5.41) is 6.61. The summed E-state index contributed by atoms with van der Waals surface area (Å²) in [6, 6.07) is 11.9. The number of guanidine groups is 1. The molecule has 0 aliphatic carbocycles. The fraction of sp³-hybridized carbons (Fsp3) is 0.348. The highest BCUT2D eigenvalue weighted by atomic mass is 127. The van der Waals surface area contributed by atoms with Crippen molar-refractivity contribution in [3.8, 4) is 10.6 Å². The number of amides is 1. The molecule has 32 heavy (non-hydrogen) atoms. The number of rotatable bonds is 5. The van der Waals surface area contributed by atoms with Crippen LogP contribution in [0.25, 0.3) is 10.6 Å². The van der Waals surface area contributed by atoms with Gasteiger partial charge in [0.2, 0.25) is 0 Å². The Bertz CT molecular complexity index is 1030. The van der Waals surface area contributed by atoms with E-state index in [1.54, 1.807) is 30.5 Å². The number of carbonyl (C=O) groups is 1. The second-order valence-electron chi connectivity index (χ2n) is 7.49. The Morgan fingerprint density at radius 2 is 1.88 bits per heavy atom. The van der Waals surface area contributed by atoms with Gasteiger partial charge in [0, 0.05) is 57.1 Å². The molecule has 1 amide bonds. The molecular formula is C23H28IN5O2S. The molecule has 9 heteroatoms. The van der Waals surface area contributed by atoms with Crippen LogP contribution >= 0.6 is 35.3 Å². The van der Waals surface area contributed by atoms with Gasteiger partial charge in [0.15, 0.2) is 11.7 Å². The van der Waals surface area contributed by atoms with Gasteiger partial charge in [0.1, 0.15) is 5.01 Å². The lowest BCUT2D eigenvalue weighted by Crippen LogP contribution is -2.54. The van der Waals surface area contributed by atoms with E-state index in [-0.39, 0.29) is 29.9 Å². The van der Waals surface area contributed by atoms with E-state index in [0.717, 1.165) is 48.3 Å². The van der Waals surface area contributed by atoms with Crippen LogP contribution in [0.4, 0.5) is 0 Å². The Labute approximate surface area is 209 Å². The molecule has 0 bridgehead atoms. The van der Waals surface area contributed by atoms with E-state index in [0.29, 0.717) is 18.8 Å². The van der Waals surface area contributed by atoms with Crippen molar-refractivity contribution in [2.45, 2.75) is 13.3 Å². The molecule has 3 aromatic rings. The highest BCUT2D eigenvalue weighted by Crippen LogP contribution is 2.24. The van der Waals surface area contributed by atoms with Crippen molar-refractivity contribution < 1.29 is 9.21 Å². The van der Waals surface area contributed by atoms with Crippen molar-refractivity contribution in [2.75, 3.05) is 39.8 Å². The largest absolute Gasteiger partial charge is 0.459 e. The standard InChI is InChI=1S/C23H27N5O2S.HI/c1-17-5-7-18(8-6-17)21-26-19(16-31-21)9-10-25-23(24-2)28-13-11-27(12-14-28)22(29)20-4-3-15-30-20;/h3-8,15-16H,9-14H2,1-2H3,(H,24,25);1H. The van der Waals surface area contributed by atoms with Crippen molar-refractivity contribution in [3.05, 3.63) is 65.1 Å². The summed E-state index contributed by atoms with van der Waals surface area (Å²) in [6.07, 6.45) is 2.36. The van der Waals surface area contributed by atoms with Gasteiger partial charge in [-0.15, -0.1) is 35.3 Å². The lowest BCUT2D eigenvalue weighted by molar-refractivity contribution is 0.0658. The molecular weight excluding hydrogens is 537 g/mol. The maximum Gasteiger partial charge on any atom is 0.289 e. The highest BCUT2D eigenvalue weighted by molar-refractivity contribution is 14.0. The molecule has 7 nitrogen and oxygen atoms in total. The highest BCUT2D eigenvalue weighted by Gasteiger charge is 2.25. The first-order valence-electron chi connectivity index (χ1n) is 10.4. The van der Waals surface area contributed by atoms with Crippen molar-refractivity contribution in [2.24, 2.45) is 4.99 Å². The molecule has 4 rings (SSSR count). The van der Waals surface area contributed by atoms with Crippen LogP contribution in [-0.4, -0.2) is 66.4 Å². The van der Waals surface area contributed by atoms with E-state index < -0.39 is 0 Å². The minimum atomic E-state index is -0.0551. The van der Waals surface area contributed by atoms with Crippen molar-refractivity contribution >= 4 is 47.2 Å². The average Bonchev–Trinajstić information content (AvgIpc) is 3.50. The van der Waals surface area contributed by atoms with Crippen LogP contribution in [0.1, 0.15) is 21.8 Å². The van der Waals surface area contributed by atoms with Gasteiger partial charge >= 0.3 is 0 Å². The second kappa shape index (κ2) is 11.5. The van der Waals surface area contributed by atoms with Gasteiger partial charge in [-0.1, -0.05) is 29.8 Å². The third-order valence-electron chi connectivity index (χ3n) is 5.32. The van der Waals surface area contributed by atoms with Gasteiger partial charge in [-0.05, 0) is 19.1 Å². The molecule has 170 valence electrons. The Kier molecular flexibility index (Phi) is 8.68. The molecule has 3 heterocycles. The topological polar surface area (TPSA) is 74.0 Å². The lowest BCUT2D eigenvalue weighted by Gasteiger charge is -2.36. The minimum Gasteiger partial charge on any atom is -0.459 e. The number of carbonyl (C=O) groups excluding carboxylic acids is 1. The van der Waals surface area contributed by atoms with Crippen LogP contribution in [0.5, 0.6) is 0 Å². The molecule has 1 aliphatic heterocycles. The van der Waals surface area contributed by atoms with Crippen molar-refractivity contribution in [1.29, 1.82) is 0 Å². The number of hydrogen-bond donors (Lipinski definition) is 1. The smallest absolute Gasteiger partial charge is 0.289 e. The fourth-order valence-electron chi connectivity index (χ4n) is 3.56. The van der Waals surface area contributed by atoms with Crippen LogP contribution < -0.4 is 5.32 Å². The Balaban J connectivity index is 0.00000289. The monoisotopic (exact) mass is 565 g/mol. The summed E-state index contributed by atoms with van der Waals surface area (Å²) in [4.78, 5) is 25.6. The number of furan rings is 1. The molecule has 0 radical (unpaired) electrons. The third kappa shape index (κ3) is 5.89. The zero-order valence-corrected chi connectivity index (χ0v) is 21.4. The maximum absolute atomic E-state index is 12.4. The predicted molar refractivity (Wildman–Crippen MR) is 139 cm³/mol. The lowest BCUT2D eigenvalue weighted by atomic mass is 10.2. The predicted octanol–water partition coefficient (Wildman–Crippen LogP) is 3.91. The van der Waals surface area contributed by atoms with Crippen molar-refractivity contribution in [1.82, 2.24) is 20.1 Å². The number of halogens is 1. The molecule has 0 spiro atoms. The van der Waals surface area contributed by atoms with Crippen LogP contribution in [0, 0.1) is 6.92 Å². The number of nitrogens with zero attached hydrogens (tertiary/aromatic N) is 4. The third-order valence-corrected chi connectivity index (χ3v) is 6.26. The Morgan fingerprint density at radius 1 is 1.16 bits per heavy atom. The fourth-order valence-corrected chi connectivity index (χ4v) is 4.42. The first kappa shape index (κ1) is 24.2. The minimum absolute atomic E-state index is 0. The summed E-state index contributed by atoms with van der Waals surface area (Å²) >= 11 is 1.68. The van der Waals surface area contributed by atoms with Gasteiger partial charge in [0.25, 0.3) is 5.91 Å². The second-order valence-corrected chi connectivity index (χ2v) is 8.35. The quantitative estimate of drug-likeness (QED) is 0.289. The van der Waals surface area contributed by atoms with Crippen LogP contribution in [0.3, 0.4) is 0 Å². The first-order valence-corrected chi connectivity index (χ1v) is 11.3. The van der Waals surface area contributed by atoms with Gasteiger partial charge in [-0.3, -0.25) is 9.79 Å². The molecule has 0 atom stereocenters. The number of nitrogens with one attached hydrogen (secondary N) is 1. The van der Waals surface area contributed by atoms with Crippen molar-refractivity contribution in [3.63, 3.8) is 0 Å². The Hall–Kier alpha value is -2.40. The average molecular weight is 565 g/mol. The number of thiazole rings is 1. The summed E-state index contributed by atoms with van der Waals surface area (Å²) in [5.41, 5.74) is 3.49. The zero-order valence-electron chi connectivity index (χ0n) is 18.3. The van der Waals surface area contributed by atoms with Crippen LogP contribution in [-0.2, 0) is 6.42 Å². The molecule has 1 fully saturated rings. The number of aromatic nitrogens is 1. The summed E-state index contributed by atoms with van der Waals surface area (Å²) < 4.78 is 5.23. The molecule has 2 aromatic heterocycles. The van der Waals surface area contributed by atoms with E-state index >= 15 is 0 Å².